The molecule has 1 radical (unpaired) electrons. The second-order valence-electron chi connectivity index (χ2n) is 5.35. The summed E-state index contributed by atoms with van der Waals surface area (Å²) in [6, 6.07) is 14.2. The predicted octanol–water partition coefficient (Wildman–Crippen LogP) is 3.12. The molecule has 0 unspecified atom stereocenters. The fourth-order valence-corrected chi connectivity index (χ4v) is 2.62. The maximum absolute atomic E-state index is 12.0. The van der Waals surface area contributed by atoms with Crippen LogP contribution in [0.1, 0.15) is 18.4 Å². The highest BCUT2D eigenvalue weighted by Crippen LogP contribution is 2.18. The molecule has 0 bridgehead atoms. The van der Waals surface area contributed by atoms with Gasteiger partial charge in [-0.2, -0.15) is 0 Å². The topological polar surface area (TPSA) is 33.2 Å². The molecule has 1 aliphatic heterocycles. The van der Waals surface area contributed by atoms with Gasteiger partial charge in [0.1, 0.15) is 0 Å². The molecule has 0 N–H and O–H groups in total. The van der Waals surface area contributed by atoms with Gasteiger partial charge >= 0.3 is 0 Å². The molecule has 2 heterocycles. The molecule has 1 aliphatic rings. The number of amides is 1. The van der Waals surface area contributed by atoms with Crippen LogP contribution in [0.25, 0.3) is 11.3 Å². The van der Waals surface area contributed by atoms with Gasteiger partial charge in [0.2, 0.25) is 5.91 Å². The van der Waals surface area contributed by atoms with Crippen molar-refractivity contribution in [2.75, 3.05) is 13.1 Å². The Bertz CT molecular complexity index is 586. The average molecular weight is 279 g/mol. The first kappa shape index (κ1) is 13.8. The van der Waals surface area contributed by atoms with E-state index in [0.717, 1.165) is 42.8 Å². The van der Waals surface area contributed by atoms with Gasteiger partial charge in [-0.25, -0.2) is 0 Å². The van der Waals surface area contributed by atoms with E-state index in [9.17, 15) is 4.79 Å². The van der Waals surface area contributed by atoms with Crippen LogP contribution >= 0.6 is 0 Å². The Morgan fingerprint density at radius 1 is 1.10 bits per heavy atom. The van der Waals surface area contributed by atoms with Crippen molar-refractivity contribution in [2.45, 2.75) is 19.3 Å². The second kappa shape index (κ2) is 6.53. The lowest BCUT2D eigenvalue weighted by Gasteiger charge is -2.14. The van der Waals surface area contributed by atoms with Crippen LogP contribution in [0, 0.1) is 6.42 Å². The largest absolute Gasteiger partial charge is 0.342 e. The molecule has 0 spiro atoms. The van der Waals surface area contributed by atoms with E-state index in [2.05, 4.69) is 29.2 Å². The van der Waals surface area contributed by atoms with Gasteiger partial charge in [0.25, 0.3) is 0 Å². The fraction of sp³-hybridized carbons (Fsp3) is 0.278. The first-order valence-electron chi connectivity index (χ1n) is 7.45. The van der Waals surface area contributed by atoms with Gasteiger partial charge in [-0.05, 0) is 37.0 Å². The summed E-state index contributed by atoms with van der Waals surface area (Å²) in [5.74, 6) is 0.168. The molecule has 1 aromatic heterocycles. The van der Waals surface area contributed by atoms with Crippen molar-refractivity contribution >= 4 is 5.91 Å². The normalized spacial score (nSPS) is 14.4. The standard InChI is InChI=1S/C18H19N2O/c21-18(20-13-3-4-14-20)11-8-15-6-9-16(10-7-15)17-5-1-2-12-19-17/h1-2,5-7,9-12H,3-4,8,13-14H2. The summed E-state index contributed by atoms with van der Waals surface area (Å²) < 4.78 is 0. The van der Waals surface area contributed by atoms with E-state index in [-0.39, 0.29) is 5.91 Å². The number of likely N-dealkylation sites (tertiary alicyclic amines) is 1. The molecular formula is C18H19N2O. The Labute approximate surface area is 125 Å². The Kier molecular flexibility index (Phi) is 4.29. The summed E-state index contributed by atoms with van der Waals surface area (Å²) >= 11 is 0. The van der Waals surface area contributed by atoms with E-state index in [0.29, 0.717) is 6.42 Å². The number of rotatable bonds is 4. The van der Waals surface area contributed by atoms with Crippen molar-refractivity contribution in [1.82, 2.24) is 9.88 Å². The van der Waals surface area contributed by atoms with Gasteiger partial charge in [0, 0.05) is 24.8 Å². The fourth-order valence-electron chi connectivity index (χ4n) is 2.62. The number of hydrogen-bond donors (Lipinski definition) is 0. The van der Waals surface area contributed by atoms with Crippen molar-refractivity contribution in [3.05, 3.63) is 60.6 Å². The van der Waals surface area contributed by atoms with Gasteiger partial charge in [-0.1, -0.05) is 30.3 Å². The predicted molar refractivity (Wildman–Crippen MR) is 83.5 cm³/mol. The van der Waals surface area contributed by atoms with Gasteiger partial charge < -0.3 is 4.90 Å². The van der Waals surface area contributed by atoms with Crippen LogP contribution in [-0.2, 0) is 11.2 Å². The van der Waals surface area contributed by atoms with Crippen molar-refractivity contribution in [3.8, 4) is 11.3 Å². The van der Waals surface area contributed by atoms with Crippen LogP contribution in [0.5, 0.6) is 0 Å². The zero-order chi connectivity index (χ0) is 14.5. The maximum atomic E-state index is 12.0. The summed E-state index contributed by atoms with van der Waals surface area (Å²) in [6.07, 6.45) is 6.56. The van der Waals surface area contributed by atoms with Gasteiger partial charge in [0.15, 0.2) is 0 Å². The molecule has 0 aliphatic carbocycles. The van der Waals surface area contributed by atoms with Crippen LogP contribution in [0.2, 0.25) is 0 Å². The summed E-state index contributed by atoms with van der Waals surface area (Å²) in [5, 5.41) is 0. The molecule has 0 saturated carbocycles. The first-order valence-corrected chi connectivity index (χ1v) is 7.45. The Morgan fingerprint density at radius 3 is 2.52 bits per heavy atom. The first-order chi connectivity index (χ1) is 10.3. The molecule has 1 saturated heterocycles. The quantitative estimate of drug-likeness (QED) is 0.861. The summed E-state index contributed by atoms with van der Waals surface area (Å²) in [6.45, 7) is 1.82. The van der Waals surface area contributed by atoms with Crippen LogP contribution in [0.15, 0.2) is 48.7 Å². The number of aromatic nitrogens is 1. The zero-order valence-corrected chi connectivity index (χ0v) is 12.0. The SMILES string of the molecule is O=C([CH]Cc1ccc(-c2ccccn2)cc1)N1CCCC1. The van der Waals surface area contributed by atoms with Crippen LogP contribution in [-0.4, -0.2) is 28.9 Å². The third-order valence-corrected chi connectivity index (χ3v) is 3.84. The minimum Gasteiger partial charge on any atom is -0.342 e. The monoisotopic (exact) mass is 279 g/mol. The van der Waals surface area contributed by atoms with Gasteiger partial charge in [-0.15, -0.1) is 0 Å². The third kappa shape index (κ3) is 3.48. The Hall–Kier alpha value is -2.16. The number of carbonyl (C=O) groups excluding carboxylic acids is 1. The summed E-state index contributed by atoms with van der Waals surface area (Å²) in [4.78, 5) is 18.2. The lowest BCUT2D eigenvalue weighted by Crippen LogP contribution is -2.28. The average Bonchev–Trinajstić information content (AvgIpc) is 3.08. The molecular weight excluding hydrogens is 260 g/mol. The van der Waals surface area contributed by atoms with Crippen molar-refractivity contribution in [3.63, 3.8) is 0 Å². The minimum atomic E-state index is 0.168. The van der Waals surface area contributed by atoms with Crippen molar-refractivity contribution in [1.29, 1.82) is 0 Å². The molecule has 1 amide bonds. The van der Waals surface area contributed by atoms with E-state index in [4.69, 9.17) is 0 Å². The lowest BCUT2D eigenvalue weighted by atomic mass is 10.0. The van der Waals surface area contributed by atoms with E-state index in [1.54, 1.807) is 12.6 Å². The second-order valence-corrected chi connectivity index (χ2v) is 5.35. The molecule has 1 aromatic carbocycles. The van der Waals surface area contributed by atoms with Crippen LogP contribution in [0.3, 0.4) is 0 Å². The summed E-state index contributed by atoms with van der Waals surface area (Å²) in [7, 11) is 0. The molecule has 0 atom stereocenters. The lowest BCUT2D eigenvalue weighted by molar-refractivity contribution is -0.126. The number of nitrogens with zero attached hydrogens (tertiary/aromatic N) is 2. The Balaban J connectivity index is 1.58. The third-order valence-electron chi connectivity index (χ3n) is 3.84. The maximum Gasteiger partial charge on any atom is 0.226 e. The molecule has 107 valence electrons. The smallest absolute Gasteiger partial charge is 0.226 e. The van der Waals surface area contributed by atoms with Crippen LogP contribution in [0.4, 0.5) is 0 Å². The zero-order valence-electron chi connectivity index (χ0n) is 12.0. The molecule has 21 heavy (non-hydrogen) atoms. The number of pyridine rings is 1. The van der Waals surface area contributed by atoms with Gasteiger partial charge in [-0.3, -0.25) is 9.78 Å². The molecule has 2 aromatic rings. The molecule has 1 fully saturated rings. The number of hydrogen-bond acceptors (Lipinski definition) is 2. The number of benzene rings is 1. The van der Waals surface area contributed by atoms with Crippen LogP contribution < -0.4 is 0 Å². The molecule has 3 rings (SSSR count). The molecule has 3 nitrogen and oxygen atoms in total. The highest BCUT2D eigenvalue weighted by molar-refractivity contribution is 5.85. The van der Waals surface area contributed by atoms with E-state index in [1.807, 2.05) is 23.1 Å². The minimum absolute atomic E-state index is 0.168. The van der Waals surface area contributed by atoms with Crippen molar-refractivity contribution < 1.29 is 4.79 Å². The van der Waals surface area contributed by atoms with E-state index in [1.165, 1.54) is 0 Å². The van der Waals surface area contributed by atoms with Gasteiger partial charge in [0.05, 0.1) is 12.1 Å². The van der Waals surface area contributed by atoms with Crippen molar-refractivity contribution in [2.24, 2.45) is 0 Å². The number of carbonyl (C=O) groups is 1. The summed E-state index contributed by atoms with van der Waals surface area (Å²) in [5.41, 5.74) is 3.23. The molecule has 3 heteroatoms. The van der Waals surface area contributed by atoms with E-state index < -0.39 is 0 Å². The highest BCUT2D eigenvalue weighted by atomic mass is 16.2. The van der Waals surface area contributed by atoms with E-state index >= 15 is 0 Å². The Morgan fingerprint density at radius 2 is 1.86 bits per heavy atom. The highest BCUT2D eigenvalue weighted by Gasteiger charge is 2.17.